The number of carbonyl (C=O) groups excluding carboxylic acids is 2. The normalized spacial score (nSPS) is 24.1. The summed E-state index contributed by atoms with van der Waals surface area (Å²) in [6.45, 7) is 6.70. The van der Waals surface area contributed by atoms with E-state index in [1.165, 1.54) is 38.2 Å². The van der Waals surface area contributed by atoms with Crippen LogP contribution >= 0.6 is 7.75 Å². The molecule has 42 heavy (non-hydrogen) atoms. The first-order chi connectivity index (χ1) is 19.8. The van der Waals surface area contributed by atoms with Gasteiger partial charge in [0.15, 0.2) is 12.4 Å². The van der Waals surface area contributed by atoms with E-state index in [2.05, 4.69) is 15.4 Å². The number of nitrogens with one attached hydrogen (secondary N) is 2. The number of hydrogen-bond acceptors (Lipinski definition) is 10. The van der Waals surface area contributed by atoms with Gasteiger partial charge in [0.1, 0.15) is 17.6 Å². The number of rotatable bonds is 14. The molecular formula is C27H38FN4O9P. The summed E-state index contributed by atoms with van der Waals surface area (Å²) >= 11 is 0. The lowest BCUT2D eigenvalue weighted by Crippen LogP contribution is -2.42. The number of aliphatic hydroxyl groups is 1. The van der Waals surface area contributed by atoms with Crippen LogP contribution in [-0.2, 0) is 28.2 Å². The molecule has 3 unspecified atom stereocenters. The van der Waals surface area contributed by atoms with Gasteiger partial charge in [-0.3, -0.25) is 18.7 Å². The molecule has 0 bridgehead atoms. The number of benzene rings is 1. The largest absolute Gasteiger partial charge is 0.462 e. The second-order valence-corrected chi connectivity index (χ2v) is 12.1. The maximum Gasteiger partial charge on any atom is 0.459 e. The van der Waals surface area contributed by atoms with Crippen LogP contribution in [0.1, 0.15) is 53.7 Å². The Balaban J connectivity index is 1.82. The van der Waals surface area contributed by atoms with Crippen molar-refractivity contribution >= 4 is 25.4 Å². The van der Waals surface area contributed by atoms with Crippen LogP contribution in [-0.4, -0.2) is 64.2 Å². The third kappa shape index (κ3) is 8.23. The fourth-order valence-electron chi connectivity index (χ4n) is 4.13. The van der Waals surface area contributed by atoms with Gasteiger partial charge in [0, 0.05) is 12.6 Å². The minimum Gasteiger partial charge on any atom is -0.462 e. The quantitative estimate of drug-likeness (QED) is 0.211. The van der Waals surface area contributed by atoms with Crippen molar-refractivity contribution in [2.45, 2.75) is 78.1 Å². The molecule has 6 atom stereocenters. The minimum absolute atomic E-state index is 0.00287. The summed E-state index contributed by atoms with van der Waals surface area (Å²) in [7, 11) is -4.32. The SMILES string of the molecule is CCCC(=O)Nc1ccn([C@@H]2O[C@H](COP(=O)(N[C@@H](C)C(=O)OC(C)C)Oc3ccccc3)C(C)(CO)C2F)c(=O)n1. The molecule has 2 heterocycles. The van der Waals surface area contributed by atoms with E-state index < -0.39 is 68.7 Å². The van der Waals surface area contributed by atoms with Gasteiger partial charge >= 0.3 is 19.4 Å². The van der Waals surface area contributed by atoms with Gasteiger partial charge in [-0.25, -0.2) is 13.8 Å². The monoisotopic (exact) mass is 612 g/mol. The Hall–Kier alpha value is -3.16. The molecule has 0 saturated carbocycles. The Morgan fingerprint density at radius 1 is 1.24 bits per heavy atom. The van der Waals surface area contributed by atoms with Crippen molar-refractivity contribution in [3.8, 4) is 5.75 Å². The molecular weight excluding hydrogens is 574 g/mol. The lowest BCUT2D eigenvalue weighted by molar-refractivity contribution is -0.149. The first kappa shape index (κ1) is 33.3. The van der Waals surface area contributed by atoms with Crippen molar-refractivity contribution in [1.82, 2.24) is 14.6 Å². The van der Waals surface area contributed by atoms with Gasteiger partial charge in [-0.05, 0) is 45.4 Å². The van der Waals surface area contributed by atoms with Crippen LogP contribution in [0.3, 0.4) is 0 Å². The highest BCUT2D eigenvalue weighted by molar-refractivity contribution is 7.52. The van der Waals surface area contributed by atoms with Crippen LogP contribution in [0, 0.1) is 5.41 Å². The van der Waals surface area contributed by atoms with Crippen molar-refractivity contribution in [3.63, 3.8) is 0 Å². The standard InChI is InChI=1S/C27H38FN4O9P/c1-6-10-22(34)29-21-13-14-32(26(36)30-21)24-23(28)27(5,16-33)20(40-24)15-38-42(37,41-19-11-8-7-9-12-19)31-18(4)25(35)39-17(2)3/h7-9,11-14,17-18,20,23-24,33H,6,10,15-16H2,1-5H3,(H,31,37)(H,29,30,34,36)/t18-,20+,23?,24+,27?,42?/m0/s1. The van der Waals surface area contributed by atoms with E-state index in [9.17, 15) is 24.1 Å². The van der Waals surface area contributed by atoms with E-state index in [-0.39, 0.29) is 23.9 Å². The predicted octanol–water partition coefficient (Wildman–Crippen LogP) is 3.35. The lowest BCUT2D eigenvalue weighted by atomic mass is 9.82. The number of hydrogen-bond donors (Lipinski definition) is 3. The molecule has 0 aliphatic carbocycles. The molecule has 13 nitrogen and oxygen atoms in total. The molecule has 3 N–H and O–H groups in total. The number of anilines is 1. The zero-order valence-electron chi connectivity index (χ0n) is 24.2. The predicted molar refractivity (Wildman–Crippen MR) is 150 cm³/mol. The highest BCUT2D eigenvalue weighted by Gasteiger charge is 2.56. The van der Waals surface area contributed by atoms with Crippen LogP contribution < -0.4 is 20.6 Å². The molecule has 232 valence electrons. The zero-order valence-corrected chi connectivity index (χ0v) is 25.1. The smallest absolute Gasteiger partial charge is 0.459 e. The fraction of sp³-hybridized carbons (Fsp3) is 0.556. The number of nitrogens with zero attached hydrogens (tertiary/aromatic N) is 2. The van der Waals surface area contributed by atoms with Gasteiger partial charge in [0.05, 0.1) is 30.8 Å². The number of ether oxygens (including phenoxy) is 2. The summed E-state index contributed by atoms with van der Waals surface area (Å²) in [5, 5.41) is 15.2. The van der Waals surface area contributed by atoms with Gasteiger partial charge < -0.3 is 24.4 Å². The molecule has 1 aromatic heterocycles. The molecule has 1 aromatic carbocycles. The van der Waals surface area contributed by atoms with Gasteiger partial charge in [-0.15, -0.1) is 0 Å². The molecule has 1 aliphatic heterocycles. The summed E-state index contributed by atoms with van der Waals surface area (Å²) in [6.07, 6.45) is -3.01. The van der Waals surface area contributed by atoms with Crippen molar-refractivity contribution in [3.05, 3.63) is 53.1 Å². The van der Waals surface area contributed by atoms with E-state index in [4.69, 9.17) is 18.5 Å². The summed E-state index contributed by atoms with van der Waals surface area (Å²) in [5.41, 5.74) is -2.49. The fourth-order valence-corrected chi connectivity index (χ4v) is 5.62. The maximum absolute atomic E-state index is 15.8. The van der Waals surface area contributed by atoms with E-state index in [1.54, 1.807) is 32.0 Å². The number of carbonyl (C=O) groups is 2. The molecule has 1 aliphatic rings. The molecule has 1 saturated heterocycles. The second-order valence-electron chi connectivity index (χ2n) is 10.4. The number of para-hydroxylation sites is 1. The summed E-state index contributed by atoms with van der Waals surface area (Å²) in [6, 6.07) is 8.28. The van der Waals surface area contributed by atoms with Crippen LogP contribution in [0.25, 0.3) is 0 Å². The first-order valence-electron chi connectivity index (χ1n) is 13.6. The second kappa shape index (κ2) is 14.3. The van der Waals surface area contributed by atoms with Crippen LogP contribution in [0.4, 0.5) is 10.2 Å². The van der Waals surface area contributed by atoms with Crippen molar-refractivity contribution in [2.75, 3.05) is 18.5 Å². The topological polar surface area (TPSA) is 167 Å². The van der Waals surface area contributed by atoms with Gasteiger partial charge in [0.25, 0.3) is 0 Å². The van der Waals surface area contributed by atoms with Crippen LogP contribution in [0.5, 0.6) is 5.75 Å². The number of amides is 1. The highest BCUT2D eigenvalue weighted by Crippen LogP contribution is 2.49. The van der Waals surface area contributed by atoms with Crippen molar-refractivity contribution in [1.29, 1.82) is 0 Å². The molecule has 3 rings (SSSR count). The Bertz CT molecular complexity index is 1330. The van der Waals surface area contributed by atoms with E-state index in [0.29, 0.717) is 6.42 Å². The molecule has 2 aromatic rings. The maximum atomic E-state index is 15.8. The van der Waals surface area contributed by atoms with Crippen molar-refractivity contribution in [2.24, 2.45) is 5.41 Å². The summed E-state index contributed by atoms with van der Waals surface area (Å²) < 4.78 is 52.8. The first-order valence-corrected chi connectivity index (χ1v) is 15.1. The van der Waals surface area contributed by atoms with E-state index in [0.717, 1.165) is 4.57 Å². The average molecular weight is 613 g/mol. The summed E-state index contributed by atoms with van der Waals surface area (Å²) in [5.74, 6) is -0.855. The molecule has 0 radical (unpaired) electrons. The minimum atomic E-state index is -4.32. The molecule has 1 fully saturated rings. The Labute approximate surface area is 243 Å². The van der Waals surface area contributed by atoms with Gasteiger partial charge in [0.2, 0.25) is 5.91 Å². The lowest BCUT2D eigenvalue weighted by Gasteiger charge is -2.30. The average Bonchev–Trinajstić information content (AvgIpc) is 3.17. The molecule has 0 spiro atoms. The third-order valence-electron chi connectivity index (χ3n) is 6.53. The van der Waals surface area contributed by atoms with E-state index in [1.807, 2.05) is 6.92 Å². The van der Waals surface area contributed by atoms with Gasteiger partial charge in [-0.2, -0.15) is 10.1 Å². The van der Waals surface area contributed by atoms with Gasteiger partial charge in [-0.1, -0.05) is 32.0 Å². The Morgan fingerprint density at radius 3 is 2.52 bits per heavy atom. The number of esters is 1. The number of halogens is 1. The van der Waals surface area contributed by atoms with Crippen LogP contribution in [0.2, 0.25) is 0 Å². The molecule has 15 heteroatoms. The third-order valence-corrected chi connectivity index (χ3v) is 8.17. The number of alkyl halides is 1. The highest BCUT2D eigenvalue weighted by atomic mass is 31.2. The van der Waals surface area contributed by atoms with E-state index >= 15 is 4.39 Å². The zero-order chi connectivity index (χ0) is 31.1. The van der Waals surface area contributed by atoms with Crippen LogP contribution in [0.15, 0.2) is 47.4 Å². The number of aromatic nitrogens is 2. The number of aliphatic hydroxyl groups excluding tert-OH is 1. The Morgan fingerprint density at radius 2 is 1.93 bits per heavy atom. The van der Waals surface area contributed by atoms with Crippen molar-refractivity contribution < 1.29 is 42.2 Å². The molecule has 1 amide bonds. The Kier molecular flexibility index (Phi) is 11.4. The summed E-state index contributed by atoms with van der Waals surface area (Å²) in [4.78, 5) is 40.8.